The van der Waals surface area contributed by atoms with Gasteiger partial charge in [0.1, 0.15) is 0 Å². The summed E-state index contributed by atoms with van der Waals surface area (Å²) >= 11 is 5.91. The highest BCUT2D eigenvalue weighted by Crippen LogP contribution is 2.06. The highest BCUT2D eigenvalue weighted by molar-refractivity contribution is 6.20. The smallest absolute Gasteiger partial charge is 0.0322 e. The van der Waals surface area contributed by atoms with Gasteiger partial charge < -0.3 is 5.32 Å². The van der Waals surface area contributed by atoms with E-state index in [1.807, 2.05) is 0 Å². The van der Waals surface area contributed by atoms with E-state index < -0.39 is 0 Å². The number of nitrogens with one attached hydrogen (secondary N) is 1. The van der Waals surface area contributed by atoms with Crippen molar-refractivity contribution in [1.82, 2.24) is 5.32 Å². The van der Waals surface area contributed by atoms with Gasteiger partial charge in [-0.1, -0.05) is 20.3 Å². The lowest BCUT2D eigenvalue weighted by Crippen LogP contribution is -2.31. The van der Waals surface area contributed by atoms with Crippen molar-refractivity contribution in [2.75, 3.05) is 6.54 Å². The SMILES string of the molecule is CCCC(C)CNC(C)CC(C)Cl. The molecule has 0 rings (SSSR count). The lowest BCUT2D eigenvalue weighted by Gasteiger charge is -2.18. The van der Waals surface area contributed by atoms with Crippen molar-refractivity contribution in [2.45, 2.75) is 58.4 Å². The Balaban J connectivity index is 3.40. The van der Waals surface area contributed by atoms with E-state index >= 15 is 0 Å². The second-order valence-electron chi connectivity index (χ2n) is 4.22. The fourth-order valence-corrected chi connectivity index (χ4v) is 1.84. The number of hydrogen-bond donors (Lipinski definition) is 1. The van der Waals surface area contributed by atoms with Crippen molar-refractivity contribution in [1.29, 1.82) is 0 Å². The van der Waals surface area contributed by atoms with E-state index in [-0.39, 0.29) is 5.38 Å². The maximum absolute atomic E-state index is 5.91. The Labute approximate surface area is 88.2 Å². The van der Waals surface area contributed by atoms with Gasteiger partial charge in [-0.15, -0.1) is 11.6 Å². The Kier molecular flexibility index (Phi) is 7.78. The summed E-state index contributed by atoms with van der Waals surface area (Å²) in [4.78, 5) is 0. The van der Waals surface area contributed by atoms with Crippen molar-refractivity contribution in [3.8, 4) is 0 Å². The van der Waals surface area contributed by atoms with Crippen molar-refractivity contribution in [3.05, 3.63) is 0 Å². The first-order valence-electron chi connectivity index (χ1n) is 5.43. The third kappa shape index (κ3) is 8.58. The Morgan fingerprint density at radius 3 is 2.31 bits per heavy atom. The summed E-state index contributed by atoms with van der Waals surface area (Å²) in [7, 11) is 0. The van der Waals surface area contributed by atoms with Crippen LogP contribution in [0.2, 0.25) is 0 Å². The van der Waals surface area contributed by atoms with Gasteiger partial charge in [0.2, 0.25) is 0 Å². The first-order valence-corrected chi connectivity index (χ1v) is 5.87. The second-order valence-corrected chi connectivity index (χ2v) is 4.96. The molecule has 3 atom stereocenters. The van der Waals surface area contributed by atoms with Gasteiger partial charge in [-0.3, -0.25) is 0 Å². The minimum Gasteiger partial charge on any atom is -0.314 e. The molecule has 0 saturated carbocycles. The van der Waals surface area contributed by atoms with Crippen LogP contribution in [0.15, 0.2) is 0 Å². The molecular formula is C11H24ClN. The summed E-state index contributed by atoms with van der Waals surface area (Å²) in [5.74, 6) is 0.790. The highest BCUT2D eigenvalue weighted by Gasteiger charge is 2.07. The molecule has 0 aromatic rings. The lowest BCUT2D eigenvalue weighted by atomic mass is 10.1. The number of halogens is 1. The molecule has 1 nitrogen and oxygen atoms in total. The molecule has 0 bridgehead atoms. The fourth-order valence-electron chi connectivity index (χ4n) is 1.57. The van der Waals surface area contributed by atoms with Crippen molar-refractivity contribution in [3.63, 3.8) is 0 Å². The Morgan fingerprint density at radius 2 is 1.85 bits per heavy atom. The molecule has 0 aliphatic heterocycles. The molecule has 0 aromatic heterocycles. The summed E-state index contributed by atoms with van der Waals surface area (Å²) in [5, 5.41) is 3.80. The van der Waals surface area contributed by atoms with Crippen LogP contribution in [0.3, 0.4) is 0 Å². The van der Waals surface area contributed by atoms with Crippen LogP contribution in [0, 0.1) is 5.92 Å². The summed E-state index contributed by atoms with van der Waals surface area (Å²) in [6.45, 7) is 9.92. The average Bonchev–Trinajstić information content (AvgIpc) is 2.00. The van der Waals surface area contributed by atoms with Crippen LogP contribution in [0.1, 0.15) is 47.0 Å². The fraction of sp³-hybridized carbons (Fsp3) is 1.00. The molecule has 0 spiro atoms. The molecule has 80 valence electrons. The molecule has 0 radical (unpaired) electrons. The molecule has 2 heteroatoms. The maximum Gasteiger partial charge on any atom is 0.0322 e. The number of rotatable bonds is 7. The van der Waals surface area contributed by atoms with Gasteiger partial charge in [0, 0.05) is 11.4 Å². The van der Waals surface area contributed by atoms with E-state index in [0.717, 1.165) is 18.9 Å². The van der Waals surface area contributed by atoms with Crippen LogP contribution in [-0.4, -0.2) is 18.0 Å². The van der Waals surface area contributed by atoms with Gasteiger partial charge in [0.25, 0.3) is 0 Å². The van der Waals surface area contributed by atoms with Gasteiger partial charge in [-0.05, 0) is 39.2 Å². The Hall–Kier alpha value is 0.250. The predicted molar refractivity (Wildman–Crippen MR) is 61.5 cm³/mol. The van der Waals surface area contributed by atoms with E-state index in [2.05, 4.69) is 33.0 Å². The highest BCUT2D eigenvalue weighted by atomic mass is 35.5. The molecule has 0 saturated heterocycles. The first-order chi connectivity index (χ1) is 6.06. The Morgan fingerprint density at radius 1 is 1.23 bits per heavy atom. The molecule has 3 unspecified atom stereocenters. The largest absolute Gasteiger partial charge is 0.314 e. The third-order valence-corrected chi connectivity index (χ3v) is 2.45. The molecule has 0 aliphatic carbocycles. The lowest BCUT2D eigenvalue weighted by molar-refractivity contribution is 0.425. The maximum atomic E-state index is 5.91. The number of hydrogen-bond acceptors (Lipinski definition) is 1. The molecule has 0 amide bonds. The van der Waals surface area contributed by atoms with Crippen LogP contribution in [0.25, 0.3) is 0 Å². The predicted octanol–water partition coefficient (Wildman–Crippen LogP) is 3.42. The van der Waals surface area contributed by atoms with Gasteiger partial charge in [0.05, 0.1) is 0 Å². The quantitative estimate of drug-likeness (QED) is 0.629. The van der Waals surface area contributed by atoms with Crippen LogP contribution in [0.5, 0.6) is 0 Å². The summed E-state index contributed by atoms with van der Waals surface area (Å²) in [6.07, 6.45) is 3.65. The Bertz CT molecular complexity index is 115. The first kappa shape index (κ1) is 13.2. The van der Waals surface area contributed by atoms with Crippen LogP contribution in [0.4, 0.5) is 0 Å². The standard InChI is InChI=1S/C11H24ClN/c1-5-6-9(2)8-13-11(4)7-10(3)12/h9-11,13H,5-8H2,1-4H3. The zero-order valence-electron chi connectivity index (χ0n) is 9.44. The summed E-state index contributed by atoms with van der Waals surface area (Å²) in [5.41, 5.74) is 0. The van der Waals surface area contributed by atoms with Crippen molar-refractivity contribution >= 4 is 11.6 Å². The van der Waals surface area contributed by atoms with Gasteiger partial charge >= 0.3 is 0 Å². The second kappa shape index (κ2) is 7.64. The molecule has 13 heavy (non-hydrogen) atoms. The van der Waals surface area contributed by atoms with E-state index in [0.29, 0.717) is 6.04 Å². The minimum atomic E-state index is 0.281. The van der Waals surface area contributed by atoms with Gasteiger partial charge in [-0.2, -0.15) is 0 Å². The van der Waals surface area contributed by atoms with E-state index in [1.54, 1.807) is 0 Å². The van der Waals surface area contributed by atoms with E-state index in [9.17, 15) is 0 Å². The normalized spacial score (nSPS) is 18.2. The van der Waals surface area contributed by atoms with Crippen molar-refractivity contribution in [2.24, 2.45) is 5.92 Å². The summed E-state index contributed by atoms with van der Waals surface area (Å²) < 4.78 is 0. The molecule has 0 fully saturated rings. The molecular weight excluding hydrogens is 182 g/mol. The van der Waals surface area contributed by atoms with E-state index in [4.69, 9.17) is 11.6 Å². The minimum absolute atomic E-state index is 0.281. The zero-order chi connectivity index (χ0) is 10.3. The van der Waals surface area contributed by atoms with Crippen LogP contribution >= 0.6 is 11.6 Å². The van der Waals surface area contributed by atoms with Crippen molar-refractivity contribution < 1.29 is 0 Å². The van der Waals surface area contributed by atoms with E-state index in [1.165, 1.54) is 12.8 Å². The topological polar surface area (TPSA) is 12.0 Å². The molecule has 1 N–H and O–H groups in total. The zero-order valence-corrected chi connectivity index (χ0v) is 10.2. The molecule has 0 aliphatic rings. The van der Waals surface area contributed by atoms with Gasteiger partial charge in [-0.25, -0.2) is 0 Å². The monoisotopic (exact) mass is 205 g/mol. The molecule has 0 aromatic carbocycles. The average molecular weight is 206 g/mol. The van der Waals surface area contributed by atoms with Crippen LogP contribution in [-0.2, 0) is 0 Å². The van der Waals surface area contributed by atoms with Crippen LogP contribution < -0.4 is 5.32 Å². The van der Waals surface area contributed by atoms with Gasteiger partial charge in [0.15, 0.2) is 0 Å². The summed E-state index contributed by atoms with van der Waals surface area (Å²) in [6, 6.07) is 0.548. The molecule has 0 heterocycles. The third-order valence-electron chi connectivity index (χ3n) is 2.27. The number of alkyl halides is 1.